The number of nitrogen functional groups attached to an aromatic ring is 1. The smallest absolute Gasteiger partial charge is 0.340 e. The molecule has 5 heteroatoms. The predicted molar refractivity (Wildman–Crippen MR) is 71.8 cm³/mol. The summed E-state index contributed by atoms with van der Waals surface area (Å²) in [6, 6.07) is 5.16. The third kappa shape index (κ3) is 3.63. The third-order valence-electron chi connectivity index (χ3n) is 2.56. The second-order valence-electron chi connectivity index (χ2n) is 3.92. The zero-order valence-electron chi connectivity index (χ0n) is 11.0. The van der Waals surface area contributed by atoms with Crippen LogP contribution in [0.4, 0.5) is 11.4 Å². The van der Waals surface area contributed by atoms with E-state index in [1.165, 1.54) is 0 Å². The van der Waals surface area contributed by atoms with Crippen molar-refractivity contribution in [1.82, 2.24) is 0 Å². The first-order chi connectivity index (χ1) is 8.60. The lowest BCUT2D eigenvalue weighted by Crippen LogP contribution is -2.20. The Labute approximate surface area is 107 Å². The highest BCUT2D eigenvalue weighted by molar-refractivity contribution is 5.98. The zero-order valence-corrected chi connectivity index (χ0v) is 11.0. The molecular weight excluding hydrogens is 232 g/mol. The Kier molecular flexibility index (Phi) is 5.45. The van der Waals surface area contributed by atoms with Crippen molar-refractivity contribution in [2.24, 2.45) is 0 Å². The van der Waals surface area contributed by atoms with Gasteiger partial charge in [-0.2, -0.15) is 0 Å². The third-order valence-corrected chi connectivity index (χ3v) is 2.56. The van der Waals surface area contributed by atoms with Crippen molar-refractivity contribution < 1.29 is 14.3 Å². The van der Waals surface area contributed by atoms with E-state index in [9.17, 15) is 4.79 Å². The van der Waals surface area contributed by atoms with E-state index in [1.54, 1.807) is 32.2 Å². The van der Waals surface area contributed by atoms with Gasteiger partial charge < -0.3 is 20.5 Å². The first kappa shape index (κ1) is 14.3. The molecule has 3 N–H and O–H groups in total. The van der Waals surface area contributed by atoms with Crippen molar-refractivity contribution in [3.8, 4) is 0 Å². The molecule has 0 saturated heterocycles. The number of hydrogen-bond donors (Lipinski definition) is 2. The number of methoxy groups -OCH3 is 1. The molecule has 0 aliphatic carbocycles. The Morgan fingerprint density at radius 3 is 2.83 bits per heavy atom. The Hall–Kier alpha value is -1.75. The van der Waals surface area contributed by atoms with Crippen molar-refractivity contribution in [2.75, 3.05) is 31.3 Å². The van der Waals surface area contributed by atoms with Crippen molar-refractivity contribution in [1.29, 1.82) is 0 Å². The molecule has 1 aromatic rings. The first-order valence-electron chi connectivity index (χ1n) is 5.92. The highest BCUT2D eigenvalue weighted by atomic mass is 16.5. The average molecular weight is 252 g/mol. The molecule has 1 atom stereocenters. The van der Waals surface area contributed by atoms with E-state index in [4.69, 9.17) is 15.2 Å². The number of anilines is 2. The largest absolute Gasteiger partial charge is 0.462 e. The van der Waals surface area contributed by atoms with Crippen LogP contribution in [0.25, 0.3) is 0 Å². The predicted octanol–water partition coefficient (Wildman–Crippen LogP) is 1.89. The fraction of sp³-hybridized carbons (Fsp3) is 0.462. The van der Waals surface area contributed by atoms with Gasteiger partial charge in [0.15, 0.2) is 0 Å². The van der Waals surface area contributed by atoms with Gasteiger partial charge in [-0.3, -0.25) is 0 Å². The van der Waals surface area contributed by atoms with Gasteiger partial charge in [0.05, 0.1) is 29.6 Å². The number of nitrogens with one attached hydrogen (secondary N) is 1. The molecule has 1 rings (SSSR count). The Morgan fingerprint density at radius 2 is 2.22 bits per heavy atom. The van der Waals surface area contributed by atoms with Crippen LogP contribution in [-0.2, 0) is 9.47 Å². The number of esters is 1. The van der Waals surface area contributed by atoms with Crippen LogP contribution >= 0.6 is 0 Å². The number of carbonyl (C=O) groups is 1. The lowest BCUT2D eigenvalue weighted by atomic mass is 10.1. The van der Waals surface area contributed by atoms with Gasteiger partial charge >= 0.3 is 5.97 Å². The fourth-order valence-electron chi connectivity index (χ4n) is 1.48. The second kappa shape index (κ2) is 6.86. The zero-order chi connectivity index (χ0) is 13.5. The summed E-state index contributed by atoms with van der Waals surface area (Å²) in [5.74, 6) is -0.377. The summed E-state index contributed by atoms with van der Waals surface area (Å²) in [4.78, 5) is 11.8. The quantitative estimate of drug-likeness (QED) is 0.597. The summed E-state index contributed by atoms with van der Waals surface area (Å²) in [5, 5.41) is 3.12. The van der Waals surface area contributed by atoms with E-state index in [0.717, 1.165) is 0 Å². The Bertz CT molecular complexity index is 407. The van der Waals surface area contributed by atoms with Crippen molar-refractivity contribution in [3.05, 3.63) is 23.8 Å². The number of hydrogen-bond acceptors (Lipinski definition) is 5. The van der Waals surface area contributed by atoms with Crippen molar-refractivity contribution >= 4 is 17.3 Å². The molecule has 0 saturated carbocycles. The van der Waals surface area contributed by atoms with E-state index in [1.807, 2.05) is 6.92 Å². The lowest BCUT2D eigenvalue weighted by Gasteiger charge is -2.16. The summed E-state index contributed by atoms with van der Waals surface area (Å²) in [6.07, 6.45) is 0.0275. The first-order valence-corrected chi connectivity index (χ1v) is 5.92. The normalized spacial score (nSPS) is 11.9. The van der Waals surface area contributed by atoms with Crippen LogP contribution in [-0.4, -0.2) is 32.3 Å². The summed E-state index contributed by atoms with van der Waals surface area (Å²) in [7, 11) is 1.63. The van der Waals surface area contributed by atoms with Gasteiger partial charge in [0, 0.05) is 13.7 Å². The summed E-state index contributed by atoms with van der Waals surface area (Å²) in [5.41, 5.74) is 7.43. The molecule has 100 valence electrons. The number of nitrogens with two attached hydrogens (primary N) is 1. The van der Waals surface area contributed by atoms with Gasteiger partial charge in [0.2, 0.25) is 0 Å². The standard InChI is InChI=1S/C13H20N2O3/c1-4-18-13(16)10-6-5-7-11(14)12(10)15-8-9(2)17-3/h5-7,9,15H,4,8,14H2,1-3H3. The van der Waals surface area contributed by atoms with E-state index in [2.05, 4.69) is 5.32 Å². The van der Waals surface area contributed by atoms with E-state index < -0.39 is 0 Å². The number of carbonyl (C=O) groups excluding carboxylic acids is 1. The van der Waals surface area contributed by atoms with Gasteiger partial charge in [0.1, 0.15) is 0 Å². The molecule has 0 aliphatic heterocycles. The van der Waals surface area contributed by atoms with Gasteiger partial charge in [0.25, 0.3) is 0 Å². The molecule has 0 amide bonds. The van der Waals surface area contributed by atoms with Crippen LogP contribution < -0.4 is 11.1 Å². The lowest BCUT2D eigenvalue weighted by molar-refractivity contribution is 0.0527. The summed E-state index contributed by atoms with van der Waals surface area (Å²) < 4.78 is 10.1. The molecule has 0 aromatic heterocycles. The fourth-order valence-corrected chi connectivity index (χ4v) is 1.48. The topological polar surface area (TPSA) is 73.6 Å². The van der Waals surface area contributed by atoms with E-state index in [0.29, 0.717) is 30.1 Å². The molecule has 18 heavy (non-hydrogen) atoms. The number of rotatable bonds is 6. The van der Waals surface area contributed by atoms with Crippen LogP contribution in [0.5, 0.6) is 0 Å². The maximum Gasteiger partial charge on any atom is 0.340 e. The van der Waals surface area contributed by atoms with Crippen molar-refractivity contribution in [2.45, 2.75) is 20.0 Å². The maximum absolute atomic E-state index is 11.8. The molecule has 0 bridgehead atoms. The van der Waals surface area contributed by atoms with Gasteiger partial charge in [-0.15, -0.1) is 0 Å². The maximum atomic E-state index is 11.8. The van der Waals surface area contributed by atoms with Crippen LogP contribution in [0, 0.1) is 0 Å². The van der Waals surface area contributed by atoms with Crippen LogP contribution in [0.3, 0.4) is 0 Å². The molecule has 0 fully saturated rings. The van der Waals surface area contributed by atoms with Crippen LogP contribution in [0.15, 0.2) is 18.2 Å². The van der Waals surface area contributed by atoms with Crippen LogP contribution in [0.2, 0.25) is 0 Å². The average Bonchev–Trinajstić information content (AvgIpc) is 2.36. The molecule has 1 aromatic carbocycles. The highest BCUT2D eigenvalue weighted by Crippen LogP contribution is 2.24. The molecule has 0 radical (unpaired) electrons. The Balaban J connectivity index is 2.90. The second-order valence-corrected chi connectivity index (χ2v) is 3.92. The summed E-state index contributed by atoms with van der Waals surface area (Å²) >= 11 is 0. The molecular formula is C13H20N2O3. The van der Waals surface area contributed by atoms with Gasteiger partial charge in [-0.1, -0.05) is 6.07 Å². The molecule has 0 heterocycles. The number of ether oxygens (including phenoxy) is 2. The van der Waals surface area contributed by atoms with Gasteiger partial charge in [-0.25, -0.2) is 4.79 Å². The minimum atomic E-state index is -0.377. The van der Waals surface area contributed by atoms with E-state index >= 15 is 0 Å². The van der Waals surface area contributed by atoms with E-state index in [-0.39, 0.29) is 12.1 Å². The minimum Gasteiger partial charge on any atom is -0.462 e. The van der Waals surface area contributed by atoms with Gasteiger partial charge in [-0.05, 0) is 26.0 Å². The molecule has 1 unspecified atom stereocenters. The number of para-hydroxylation sites is 1. The Morgan fingerprint density at radius 1 is 1.50 bits per heavy atom. The minimum absolute atomic E-state index is 0.0275. The monoisotopic (exact) mass is 252 g/mol. The molecule has 5 nitrogen and oxygen atoms in total. The molecule has 0 spiro atoms. The number of benzene rings is 1. The highest BCUT2D eigenvalue weighted by Gasteiger charge is 2.15. The summed E-state index contributed by atoms with van der Waals surface area (Å²) in [6.45, 7) is 4.60. The SMILES string of the molecule is CCOC(=O)c1cccc(N)c1NCC(C)OC. The molecule has 0 aliphatic rings. The van der Waals surface area contributed by atoms with Crippen LogP contribution in [0.1, 0.15) is 24.2 Å². The van der Waals surface area contributed by atoms with Crippen molar-refractivity contribution in [3.63, 3.8) is 0 Å².